The van der Waals surface area contributed by atoms with Crippen LogP contribution in [0.25, 0.3) is 38.5 Å². The first-order valence-electron chi connectivity index (χ1n) is 21.3. The van der Waals surface area contributed by atoms with Crippen molar-refractivity contribution in [2.75, 3.05) is 26.4 Å². The van der Waals surface area contributed by atoms with Gasteiger partial charge < -0.3 is 30.1 Å². The van der Waals surface area contributed by atoms with Crippen molar-refractivity contribution in [3.63, 3.8) is 0 Å². The number of carbonyl (C=O) groups excluding carboxylic acids is 4. The van der Waals surface area contributed by atoms with Crippen LogP contribution in [0.3, 0.4) is 0 Å². The highest BCUT2D eigenvalue weighted by Gasteiger charge is 2.44. The van der Waals surface area contributed by atoms with Crippen molar-refractivity contribution in [3.05, 3.63) is 125 Å². The summed E-state index contributed by atoms with van der Waals surface area (Å²) in [5.41, 5.74) is 10.3. The Morgan fingerprint density at radius 3 is 2.39 bits per heavy atom. The van der Waals surface area contributed by atoms with Crippen LogP contribution in [0.2, 0.25) is 0 Å². The van der Waals surface area contributed by atoms with Crippen LogP contribution in [0.1, 0.15) is 60.8 Å². The lowest BCUT2D eigenvalue weighted by Crippen LogP contribution is -2.58. The number of amides is 3. The van der Waals surface area contributed by atoms with Crippen molar-refractivity contribution in [2.24, 2.45) is 5.41 Å². The van der Waals surface area contributed by atoms with Crippen LogP contribution in [0.15, 0.2) is 103 Å². The van der Waals surface area contributed by atoms with Gasteiger partial charge in [-0.2, -0.15) is 5.10 Å². The number of ether oxygens (including phenoxy) is 2. The monoisotopic (exact) mass is 881 g/mol. The number of aliphatic hydroxyl groups is 1. The molecule has 1 aliphatic carbocycles. The molecule has 1 fully saturated rings. The van der Waals surface area contributed by atoms with E-state index in [-0.39, 0.29) is 51.0 Å². The number of carbonyl (C=O) groups is 4. The Kier molecular flexibility index (Phi) is 13.1. The predicted molar refractivity (Wildman–Crippen MR) is 243 cm³/mol. The van der Waals surface area contributed by atoms with Gasteiger partial charge in [0.15, 0.2) is 5.78 Å². The Hall–Kier alpha value is -6.55. The molecule has 64 heavy (non-hydrogen) atoms. The van der Waals surface area contributed by atoms with Crippen LogP contribution < -0.4 is 15.4 Å². The average Bonchev–Trinajstić information content (AvgIpc) is 4.11. The fourth-order valence-corrected chi connectivity index (χ4v) is 8.94. The maximum atomic E-state index is 14.0. The van der Waals surface area contributed by atoms with Crippen molar-refractivity contribution >= 4 is 34.8 Å². The van der Waals surface area contributed by atoms with Crippen LogP contribution in [0.4, 0.5) is 0 Å². The average molecular weight is 882 g/mol. The normalized spacial score (nSPS) is 16.4. The van der Waals surface area contributed by atoms with E-state index in [9.17, 15) is 24.3 Å². The van der Waals surface area contributed by atoms with Gasteiger partial charge in [-0.05, 0) is 77.4 Å². The second kappa shape index (κ2) is 19.1. The lowest BCUT2D eigenvalue weighted by Gasteiger charge is -2.35. The molecule has 0 spiro atoms. The quantitative estimate of drug-likeness (QED) is 0.0983. The molecule has 2 unspecified atom stereocenters. The van der Waals surface area contributed by atoms with Gasteiger partial charge in [0.25, 0.3) is 0 Å². The van der Waals surface area contributed by atoms with Crippen molar-refractivity contribution in [1.82, 2.24) is 35.3 Å². The Morgan fingerprint density at radius 1 is 0.922 bits per heavy atom. The molecule has 0 radical (unpaired) electrons. The van der Waals surface area contributed by atoms with Crippen molar-refractivity contribution in [1.29, 1.82) is 0 Å². The molecule has 1 aliphatic heterocycles. The third-order valence-corrected chi connectivity index (χ3v) is 12.5. The molecule has 330 valence electrons. The van der Waals surface area contributed by atoms with E-state index in [0.717, 1.165) is 67.3 Å². The molecule has 3 amide bonds. The summed E-state index contributed by atoms with van der Waals surface area (Å²) in [6.07, 6.45) is 5.94. The van der Waals surface area contributed by atoms with E-state index in [1.54, 1.807) is 23.7 Å². The van der Waals surface area contributed by atoms with Gasteiger partial charge in [0.2, 0.25) is 17.7 Å². The maximum Gasteiger partial charge on any atom is 0.246 e. The number of likely N-dealkylation sites (tertiary alicyclic amines) is 1. The Bertz CT molecular complexity index is 2640. The van der Waals surface area contributed by atoms with E-state index in [2.05, 4.69) is 26.7 Å². The minimum absolute atomic E-state index is 0.0219. The van der Waals surface area contributed by atoms with Gasteiger partial charge in [0.05, 0.1) is 34.5 Å². The number of pyridine rings is 1. The molecular formula is C49H51N7O7S. The number of nitrogens with one attached hydrogen (secondary N) is 2. The SMILES string of the molecule is Cc1ncsc1-c1ccc(CNC(=O)C2CC(O)CN2C(=O)[C@@H](NC(=O)COCCOc2ccc(-n3cc(-c4ccc5c(c4)CCC5=O)c(-c4ccncc4)n3)cc2)C(C)(C)C)cc1. The summed E-state index contributed by atoms with van der Waals surface area (Å²) in [5.74, 6) is -0.532. The number of nitrogens with zero attached hydrogens (tertiary/aromatic N) is 5. The Labute approximate surface area is 375 Å². The Balaban J connectivity index is 0.824. The fourth-order valence-electron chi connectivity index (χ4n) is 8.12. The minimum Gasteiger partial charge on any atom is -0.491 e. The molecule has 4 heterocycles. The zero-order valence-electron chi connectivity index (χ0n) is 36.2. The second-order valence-electron chi connectivity index (χ2n) is 17.2. The summed E-state index contributed by atoms with van der Waals surface area (Å²) in [7, 11) is 0. The van der Waals surface area contributed by atoms with E-state index in [1.807, 2.05) is 117 Å². The van der Waals surface area contributed by atoms with Gasteiger partial charge in [0.1, 0.15) is 36.7 Å². The lowest BCUT2D eigenvalue weighted by atomic mass is 9.85. The number of rotatable bonds is 15. The lowest BCUT2D eigenvalue weighted by molar-refractivity contribution is -0.144. The first kappa shape index (κ1) is 44.1. The molecule has 3 N–H and O–H groups in total. The molecular weight excluding hydrogens is 831 g/mol. The number of thiazole rings is 1. The summed E-state index contributed by atoms with van der Waals surface area (Å²) < 4.78 is 13.4. The first-order valence-corrected chi connectivity index (χ1v) is 22.2. The molecule has 1 saturated heterocycles. The van der Waals surface area contributed by atoms with E-state index in [4.69, 9.17) is 14.6 Å². The van der Waals surface area contributed by atoms with Crippen LogP contribution in [0, 0.1) is 12.3 Å². The number of aryl methyl sites for hydroxylation is 2. The van der Waals surface area contributed by atoms with Crippen molar-refractivity contribution in [3.8, 4) is 44.3 Å². The van der Waals surface area contributed by atoms with E-state index < -0.39 is 35.4 Å². The zero-order valence-corrected chi connectivity index (χ0v) is 37.1. The predicted octanol–water partition coefficient (Wildman–Crippen LogP) is 6.37. The molecule has 0 bridgehead atoms. The Morgan fingerprint density at radius 2 is 1.67 bits per heavy atom. The molecule has 0 saturated carbocycles. The van der Waals surface area contributed by atoms with Gasteiger partial charge in [-0.3, -0.25) is 24.2 Å². The number of hydrogen-bond donors (Lipinski definition) is 3. The maximum absolute atomic E-state index is 14.0. The second-order valence-corrected chi connectivity index (χ2v) is 18.1. The molecule has 6 aromatic rings. The molecule has 15 heteroatoms. The van der Waals surface area contributed by atoms with Gasteiger partial charge in [-0.1, -0.05) is 63.2 Å². The fraction of sp³-hybridized carbons (Fsp3) is 0.327. The highest BCUT2D eigenvalue weighted by Crippen LogP contribution is 2.35. The highest BCUT2D eigenvalue weighted by molar-refractivity contribution is 7.13. The molecule has 8 rings (SSSR count). The summed E-state index contributed by atoms with van der Waals surface area (Å²) in [5, 5.41) is 21.3. The number of aromatic nitrogens is 4. The van der Waals surface area contributed by atoms with Crippen LogP contribution in [-0.2, 0) is 32.1 Å². The molecule has 3 aromatic heterocycles. The number of benzene rings is 3. The van der Waals surface area contributed by atoms with Gasteiger partial charge in [-0.15, -0.1) is 11.3 Å². The smallest absolute Gasteiger partial charge is 0.246 e. The van der Waals surface area contributed by atoms with Gasteiger partial charge in [-0.25, -0.2) is 9.67 Å². The summed E-state index contributed by atoms with van der Waals surface area (Å²) in [4.78, 5) is 63.8. The van der Waals surface area contributed by atoms with Crippen LogP contribution in [-0.4, -0.2) is 97.8 Å². The standard InChI is InChI=1S/C49H51N7O7S/c1-30-45(64-29-52-30)33-7-5-31(6-8-33)25-51-47(60)41-24-37(57)26-55(41)48(61)46(49(2,3)4)53-43(59)28-62-21-22-63-38-13-11-36(12-14-38)56-27-40(44(54-56)32-17-19-50-20-18-32)35-9-15-39-34(23-35)10-16-42(39)58/h5-9,11-15,17-20,23,27,29,37,41,46,57H,10,16,21-22,24-26,28H2,1-4H3,(H,51,60)(H,53,59)/t37?,41?,46-/m1/s1. The van der Waals surface area contributed by atoms with Crippen molar-refractivity contribution < 1.29 is 33.8 Å². The van der Waals surface area contributed by atoms with Crippen LogP contribution in [0.5, 0.6) is 5.75 Å². The minimum atomic E-state index is -0.979. The molecule has 14 nitrogen and oxygen atoms in total. The number of fused-ring (bicyclic) bond motifs is 1. The molecule has 2 aliphatic rings. The topological polar surface area (TPSA) is 178 Å². The number of β-amino-alcohol motifs (C(OH)–C–C–N with tert-alkyl or cyclic N) is 1. The molecule has 3 aromatic carbocycles. The van der Waals surface area contributed by atoms with Crippen molar-refractivity contribution in [2.45, 2.75) is 71.7 Å². The van der Waals surface area contributed by atoms with E-state index >= 15 is 0 Å². The number of aliphatic hydroxyl groups excluding tert-OH is 1. The van der Waals surface area contributed by atoms with Gasteiger partial charge in [0, 0.05) is 61.2 Å². The van der Waals surface area contributed by atoms with E-state index in [0.29, 0.717) is 12.2 Å². The number of hydrogen-bond acceptors (Lipinski definition) is 11. The number of ketones is 1. The third kappa shape index (κ3) is 9.96. The summed E-state index contributed by atoms with van der Waals surface area (Å²) >= 11 is 1.57. The summed E-state index contributed by atoms with van der Waals surface area (Å²) in [6.45, 7) is 7.67. The third-order valence-electron chi connectivity index (χ3n) is 11.5. The largest absolute Gasteiger partial charge is 0.491 e. The van der Waals surface area contributed by atoms with Gasteiger partial charge >= 0.3 is 0 Å². The first-order chi connectivity index (χ1) is 30.8. The zero-order chi connectivity index (χ0) is 45.0. The van der Waals surface area contributed by atoms with E-state index in [1.165, 1.54) is 4.90 Å². The van der Waals surface area contributed by atoms with Crippen LogP contribution >= 0.6 is 11.3 Å². The number of Topliss-reactive ketones (excluding diaryl/α,β-unsaturated/α-hetero) is 1. The highest BCUT2D eigenvalue weighted by atomic mass is 32.1. The molecule has 3 atom stereocenters. The summed E-state index contributed by atoms with van der Waals surface area (Å²) in [6, 6.07) is 23.3.